The Kier molecular flexibility index (Phi) is 4.65. The molecule has 0 saturated heterocycles. The zero-order chi connectivity index (χ0) is 14.8. The standard InChI is InChI=1S/C16H22BrNO2/c1-15(2)4-6-16(20-3,7-5-15)14(19)9-12-8-13(17)11-18-10-12/h8,10-11H,4-7,9H2,1-3H3. The summed E-state index contributed by atoms with van der Waals surface area (Å²) >= 11 is 3.39. The maximum absolute atomic E-state index is 12.7. The van der Waals surface area contributed by atoms with E-state index in [-0.39, 0.29) is 5.78 Å². The quantitative estimate of drug-likeness (QED) is 0.833. The fraction of sp³-hybridized carbons (Fsp3) is 0.625. The minimum atomic E-state index is -0.599. The van der Waals surface area contributed by atoms with Gasteiger partial charge < -0.3 is 4.74 Å². The minimum absolute atomic E-state index is 0.176. The maximum Gasteiger partial charge on any atom is 0.169 e. The van der Waals surface area contributed by atoms with Gasteiger partial charge in [0.25, 0.3) is 0 Å². The van der Waals surface area contributed by atoms with E-state index >= 15 is 0 Å². The first-order chi connectivity index (χ1) is 9.37. The molecule has 1 aliphatic carbocycles. The highest BCUT2D eigenvalue weighted by Crippen LogP contribution is 2.42. The lowest BCUT2D eigenvalue weighted by atomic mass is 9.69. The predicted octanol–water partition coefficient (Wildman–Crippen LogP) is 3.94. The Labute approximate surface area is 129 Å². The molecule has 1 aromatic heterocycles. The number of carbonyl (C=O) groups excluding carboxylic acids is 1. The van der Waals surface area contributed by atoms with Crippen molar-refractivity contribution < 1.29 is 9.53 Å². The number of halogens is 1. The predicted molar refractivity (Wildman–Crippen MR) is 82.6 cm³/mol. The molecule has 1 saturated carbocycles. The molecule has 0 aliphatic heterocycles. The van der Waals surface area contributed by atoms with Crippen LogP contribution in [0.4, 0.5) is 0 Å². The van der Waals surface area contributed by atoms with Crippen LogP contribution in [-0.2, 0) is 16.0 Å². The maximum atomic E-state index is 12.7. The Morgan fingerprint density at radius 2 is 1.95 bits per heavy atom. The van der Waals surface area contributed by atoms with Gasteiger partial charge in [-0.2, -0.15) is 0 Å². The molecule has 20 heavy (non-hydrogen) atoms. The van der Waals surface area contributed by atoms with Crippen LogP contribution in [0.3, 0.4) is 0 Å². The Hall–Kier alpha value is -0.740. The van der Waals surface area contributed by atoms with E-state index in [2.05, 4.69) is 34.8 Å². The number of aromatic nitrogens is 1. The van der Waals surface area contributed by atoms with Crippen molar-refractivity contribution >= 4 is 21.7 Å². The van der Waals surface area contributed by atoms with E-state index in [9.17, 15) is 4.79 Å². The molecule has 2 rings (SSSR count). The summed E-state index contributed by atoms with van der Waals surface area (Å²) in [6.07, 6.45) is 7.56. The van der Waals surface area contributed by atoms with Crippen molar-refractivity contribution in [3.63, 3.8) is 0 Å². The van der Waals surface area contributed by atoms with Gasteiger partial charge in [-0.1, -0.05) is 13.8 Å². The number of Topliss-reactive ketones (excluding diaryl/α,β-unsaturated/α-hetero) is 1. The molecular formula is C16H22BrNO2. The van der Waals surface area contributed by atoms with Crippen LogP contribution in [0.5, 0.6) is 0 Å². The van der Waals surface area contributed by atoms with Gasteiger partial charge in [0.1, 0.15) is 5.60 Å². The number of ether oxygens (including phenoxy) is 1. The van der Waals surface area contributed by atoms with Crippen molar-refractivity contribution in [2.24, 2.45) is 5.41 Å². The molecule has 0 unspecified atom stereocenters. The molecule has 0 bridgehead atoms. The van der Waals surface area contributed by atoms with Gasteiger partial charge in [0.05, 0.1) is 0 Å². The monoisotopic (exact) mass is 339 g/mol. The molecule has 0 spiro atoms. The SMILES string of the molecule is COC1(C(=O)Cc2cncc(Br)c2)CCC(C)(C)CC1. The lowest BCUT2D eigenvalue weighted by Crippen LogP contribution is -2.46. The molecular weight excluding hydrogens is 318 g/mol. The number of pyridine rings is 1. The molecule has 0 radical (unpaired) electrons. The van der Waals surface area contributed by atoms with Gasteiger partial charge in [-0.25, -0.2) is 0 Å². The van der Waals surface area contributed by atoms with Gasteiger partial charge >= 0.3 is 0 Å². The average molecular weight is 340 g/mol. The lowest BCUT2D eigenvalue weighted by Gasteiger charge is -2.41. The van der Waals surface area contributed by atoms with Gasteiger partial charge in [0, 0.05) is 30.4 Å². The zero-order valence-electron chi connectivity index (χ0n) is 12.4. The zero-order valence-corrected chi connectivity index (χ0v) is 14.0. The van der Waals surface area contributed by atoms with Crippen molar-refractivity contribution in [3.8, 4) is 0 Å². The minimum Gasteiger partial charge on any atom is -0.370 e. The number of rotatable bonds is 4. The first kappa shape index (κ1) is 15.6. The topological polar surface area (TPSA) is 39.2 Å². The van der Waals surface area contributed by atoms with Crippen molar-refractivity contribution in [2.45, 2.75) is 51.6 Å². The Bertz CT molecular complexity index is 489. The first-order valence-corrected chi connectivity index (χ1v) is 7.84. The Balaban J connectivity index is 2.10. The third-order valence-electron chi connectivity index (χ3n) is 4.44. The van der Waals surface area contributed by atoms with E-state index in [4.69, 9.17) is 4.74 Å². The average Bonchev–Trinajstić information content (AvgIpc) is 2.39. The van der Waals surface area contributed by atoms with Gasteiger partial charge in [0.2, 0.25) is 0 Å². The van der Waals surface area contributed by atoms with Crippen LogP contribution in [0.15, 0.2) is 22.9 Å². The van der Waals surface area contributed by atoms with Gasteiger partial charge in [-0.15, -0.1) is 0 Å². The Morgan fingerprint density at radius 3 is 2.50 bits per heavy atom. The van der Waals surface area contributed by atoms with Crippen molar-refractivity contribution in [3.05, 3.63) is 28.5 Å². The third kappa shape index (κ3) is 3.47. The van der Waals surface area contributed by atoms with Crippen LogP contribution in [0.1, 0.15) is 45.1 Å². The summed E-state index contributed by atoms with van der Waals surface area (Å²) < 4.78 is 6.56. The Morgan fingerprint density at radius 1 is 1.30 bits per heavy atom. The molecule has 1 heterocycles. The van der Waals surface area contributed by atoms with E-state index in [1.165, 1.54) is 0 Å². The number of nitrogens with zero attached hydrogens (tertiary/aromatic N) is 1. The summed E-state index contributed by atoms with van der Waals surface area (Å²) in [6.45, 7) is 4.52. The summed E-state index contributed by atoms with van der Waals surface area (Å²) in [5, 5.41) is 0. The number of ketones is 1. The van der Waals surface area contributed by atoms with E-state index in [1.54, 1.807) is 19.5 Å². The largest absolute Gasteiger partial charge is 0.370 e. The highest BCUT2D eigenvalue weighted by molar-refractivity contribution is 9.10. The molecule has 3 nitrogen and oxygen atoms in total. The molecule has 1 aliphatic rings. The van der Waals surface area contributed by atoms with Gasteiger partial charge in [-0.3, -0.25) is 9.78 Å². The third-order valence-corrected chi connectivity index (χ3v) is 4.87. The van der Waals surface area contributed by atoms with Crippen LogP contribution in [-0.4, -0.2) is 23.5 Å². The smallest absolute Gasteiger partial charge is 0.169 e. The summed E-state index contributed by atoms with van der Waals surface area (Å²) in [6, 6.07) is 1.95. The first-order valence-electron chi connectivity index (χ1n) is 7.05. The normalized spacial score (nSPS) is 20.6. The number of carbonyl (C=O) groups is 1. The molecule has 0 atom stereocenters. The fourth-order valence-electron chi connectivity index (χ4n) is 2.83. The molecule has 0 amide bonds. The van der Waals surface area contributed by atoms with Crippen molar-refractivity contribution in [1.82, 2.24) is 4.98 Å². The summed E-state index contributed by atoms with van der Waals surface area (Å²) in [7, 11) is 1.66. The van der Waals surface area contributed by atoms with Gasteiger partial charge in [0.15, 0.2) is 5.78 Å². The van der Waals surface area contributed by atoms with E-state index < -0.39 is 5.60 Å². The second kappa shape index (κ2) is 5.94. The van der Waals surface area contributed by atoms with Crippen LogP contribution >= 0.6 is 15.9 Å². The lowest BCUT2D eigenvalue weighted by molar-refractivity contribution is -0.147. The summed E-state index contributed by atoms with van der Waals surface area (Å²) in [5.41, 5.74) is 0.655. The van der Waals surface area contributed by atoms with Crippen LogP contribution in [0.2, 0.25) is 0 Å². The second-order valence-electron chi connectivity index (χ2n) is 6.47. The van der Waals surface area contributed by atoms with Gasteiger partial charge in [-0.05, 0) is 58.7 Å². The van der Waals surface area contributed by atoms with E-state index in [1.807, 2.05) is 6.07 Å². The van der Waals surface area contributed by atoms with Crippen molar-refractivity contribution in [1.29, 1.82) is 0 Å². The molecule has 0 N–H and O–H groups in total. The highest BCUT2D eigenvalue weighted by Gasteiger charge is 2.43. The summed E-state index contributed by atoms with van der Waals surface area (Å²) in [4.78, 5) is 16.8. The molecule has 4 heteroatoms. The molecule has 1 aromatic rings. The van der Waals surface area contributed by atoms with E-state index in [0.29, 0.717) is 11.8 Å². The van der Waals surface area contributed by atoms with Crippen LogP contribution in [0, 0.1) is 5.41 Å². The fourth-order valence-corrected chi connectivity index (χ4v) is 3.24. The van der Waals surface area contributed by atoms with Crippen molar-refractivity contribution in [2.75, 3.05) is 7.11 Å². The molecule has 0 aromatic carbocycles. The molecule has 1 fully saturated rings. The number of hydrogen-bond acceptors (Lipinski definition) is 3. The summed E-state index contributed by atoms with van der Waals surface area (Å²) in [5.74, 6) is 0.176. The number of methoxy groups -OCH3 is 1. The molecule has 110 valence electrons. The van der Waals surface area contributed by atoms with Crippen LogP contribution in [0.25, 0.3) is 0 Å². The van der Waals surface area contributed by atoms with Crippen LogP contribution < -0.4 is 0 Å². The second-order valence-corrected chi connectivity index (χ2v) is 7.39. The van der Waals surface area contributed by atoms with E-state index in [0.717, 1.165) is 35.7 Å². The highest BCUT2D eigenvalue weighted by atomic mass is 79.9. The number of hydrogen-bond donors (Lipinski definition) is 0.